The monoisotopic (exact) mass is 275 g/mol. The predicted molar refractivity (Wildman–Crippen MR) is 74.1 cm³/mol. The van der Waals surface area contributed by atoms with Gasteiger partial charge in [0.2, 0.25) is 5.91 Å². The Labute approximate surface area is 119 Å². The molecule has 0 unspecified atom stereocenters. The van der Waals surface area contributed by atoms with E-state index >= 15 is 0 Å². The molecule has 108 valence electrons. The second-order valence-corrected chi connectivity index (χ2v) is 5.71. The number of hydrogen-bond acceptors (Lipinski definition) is 4. The molecule has 0 N–H and O–H groups in total. The maximum absolute atomic E-state index is 12.2. The molecule has 0 aliphatic carbocycles. The molecule has 5 heteroatoms. The van der Waals surface area contributed by atoms with Gasteiger partial charge in [0.25, 0.3) is 0 Å². The van der Waals surface area contributed by atoms with E-state index in [0.29, 0.717) is 12.8 Å². The van der Waals surface area contributed by atoms with Crippen LogP contribution in [0.4, 0.5) is 0 Å². The molecule has 1 spiro atoms. The molecule has 5 nitrogen and oxygen atoms in total. The Morgan fingerprint density at radius 1 is 1.30 bits per heavy atom. The lowest BCUT2D eigenvalue weighted by atomic mass is 9.88. The molecule has 3 rings (SSSR count). The molecule has 2 aliphatic heterocycles. The van der Waals surface area contributed by atoms with Crippen LogP contribution in [0.2, 0.25) is 0 Å². The van der Waals surface area contributed by atoms with Gasteiger partial charge in [-0.3, -0.25) is 14.8 Å². The van der Waals surface area contributed by atoms with Gasteiger partial charge in [0.1, 0.15) is 0 Å². The number of ether oxygens (including phenoxy) is 1. The summed E-state index contributed by atoms with van der Waals surface area (Å²) in [5, 5.41) is 0. The van der Waals surface area contributed by atoms with Gasteiger partial charge in [-0.15, -0.1) is 0 Å². The number of aryl methyl sites for hydroxylation is 1. The largest absolute Gasteiger partial charge is 0.375 e. The number of rotatable bonds is 3. The van der Waals surface area contributed by atoms with E-state index in [-0.39, 0.29) is 11.5 Å². The SMILES string of the molecule is O=C(CCc1cnccn1)N1CCC2(CCCO2)CC1. The maximum atomic E-state index is 12.2. The third-order valence-corrected chi connectivity index (χ3v) is 4.42. The molecule has 0 atom stereocenters. The summed E-state index contributed by atoms with van der Waals surface area (Å²) in [7, 11) is 0. The maximum Gasteiger partial charge on any atom is 0.222 e. The first kappa shape index (κ1) is 13.5. The highest BCUT2D eigenvalue weighted by molar-refractivity contribution is 5.76. The number of piperidine rings is 1. The van der Waals surface area contributed by atoms with E-state index in [9.17, 15) is 4.79 Å². The number of likely N-dealkylation sites (tertiary alicyclic amines) is 1. The van der Waals surface area contributed by atoms with Crippen LogP contribution in [0.25, 0.3) is 0 Å². The summed E-state index contributed by atoms with van der Waals surface area (Å²) in [4.78, 5) is 22.4. The molecular weight excluding hydrogens is 254 g/mol. The molecule has 3 heterocycles. The van der Waals surface area contributed by atoms with Crippen LogP contribution in [0, 0.1) is 0 Å². The van der Waals surface area contributed by atoms with E-state index in [0.717, 1.165) is 44.7 Å². The third-order valence-electron chi connectivity index (χ3n) is 4.42. The second-order valence-electron chi connectivity index (χ2n) is 5.71. The van der Waals surface area contributed by atoms with Crippen molar-refractivity contribution in [3.63, 3.8) is 0 Å². The number of aromatic nitrogens is 2. The smallest absolute Gasteiger partial charge is 0.222 e. The molecule has 1 aromatic rings. The first-order valence-corrected chi connectivity index (χ1v) is 7.44. The van der Waals surface area contributed by atoms with Gasteiger partial charge in [-0.25, -0.2) is 0 Å². The Balaban J connectivity index is 1.47. The first-order valence-electron chi connectivity index (χ1n) is 7.44. The molecule has 0 saturated carbocycles. The topological polar surface area (TPSA) is 55.3 Å². The Bertz CT molecular complexity index is 447. The zero-order valence-electron chi connectivity index (χ0n) is 11.8. The van der Waals surface area contributed by atoms with E-state index < -0.39 is 0 Å². The minimum atomic E-state index is 0.0850. The minimum Gasteiger partial charge on any atom is -0.375 e. The van der Waals surface area contributed by atoms with Crippen LogP contribution in [0.3, 0.4) is 0 Å². The lowest BCUT2D eigenvalue weighted by Crippen LogP contribution is -2.46. The molecular formula is C15H21N3O2. The highest BCUT2D eigenvalue weighted by atomic mass is 16.5. The van der Waals surface area contributed by atoms with Crippen LogP contribution in [-0.2, 0) is 16.0 Å². The van der Waals surface area contributed by atoms with Crippen molar-refractivity contribution in [2.75, 3.05) is 19.7 Å². The fourth-order valence-electron chi connectivity index (χ4n) is 3.17. The minimum absolute atomic E-state index is 0.0850. The number of amides is 1. The summed E-state index contributed by atoms with van der Waals surface area (Å²) in [5.74, 6) is 0.225. The van der Waals surface area contributed by atoms with Gasteiger partial charge in [0.05, 0.1) is 11.3 Å². The molecule has 20 heavy (non-hydrogen) atoms. The van der Waals surface area contributed by atoms with Crippen LogP contribution >= 0.6 is 0 Å². The van der Waals surface area contributed by atoms with Gasteiger partial charge >= 0.3 is 0 Å². The molecule has 2 saturated heterocycles. The lowest BCUT2D eigenvalue weighted by Gasteiger charge is -2.38. The number of hydrogen-bond donors (Lipinski definition) is 0. The van der Waals surface area contributed by atoms with Crippen LogP contribution in [0.5, 0.6) is 0 Å². The summed E-state index contributed by atoms with van der Waals surface area (Å²) < 4.78 is 5.88. The van der Waals surface area contributed by atoms with Crippen molar-refractivity contribution in [1.29, 1.82) is 0 Å². The second kappa shape index (κ2) is 5.87. The normalized spacial score (nSPS) is 21.3. The first-order chi connectivity index (χ1) is 9.77. The van der Waals surface area contributed by atoms with E-state index in [4.69, 9.17) is 4.74 Å². The third kappa shape index (κ3) is 2.98. The van der Waals surface area contributed by atoms with Crippen LogP contribution in [-0.4, -0.2) is 46.1 Å². The van der Waals surface area contributed by atoms with Gasteiger partial charge in [0.15, 0.2) is 0 Å². The molecule has 2 fully saturated rings. The quantitative estimate of drug-likeness (QED) is 0.840. The fourth-order valence-corrected chi connectivity index (χ4v) is 3.17. The van der Waals surface area contributed by atoms with Gasteiger partial charge < -0.3 is 9.64 Å². The van der Waals surface area contributed by atoms with Crippen LogP contribution in [0.1, 0.15) is 37.8 Å². The van der Waals surface area contributed by atoms with Crippen molar-refractivity contribution in [2.45, 2.75) is 44.1 Å². The van der Waals surface area contributed by atoms with Crippen molar-refractivity contribution in [3.05, 3.63) is 24.3 Å². The van der Waals surface area contributed by atoms with Crippen LogP contribution in [0.15, 0.2) is 18.6 Å². The van der Waals surface area contributed by atoms with Crippen molar-refractivity contribution < 1.29 is 9.53 Å². The highest BCUT2D eigenvalue weighted by Crippen LogP contribution is 2.35. The molecule has 1 amide bonds. The summed E-state index contributed by atoms with van der Waals surface area (Å²) >= 11 is 0. The van der Waals surface area contributed by atoms with E-state index in [2.05, 4.69) is 9.97 Å². The number of carbonyl (C=O) groups is 1. The molecule has 2 aliphatic rings. The standard InChI is InChI=1S/C15H21N3O2/c19-14(3-2-13-12-16-7-8-17-13)18-9-5-15(6-10-18)4-1-11-20-15/h7-8,12H,1-6,9-11H2. The van der Waals surface area contributed by atoms with Gasteiger partial charge in [-0.05, 0) is 32.1 Å². The van der Waals surface area contributed by atoms with E-state index in [1.807, 2.05) is 4.90 Å². The van der Waals surface area contributed by atoms with Crippen molar-refractivity contribution >= 4 is 5.91 Å². The van der Waals surface area contributed by atoms with Gasteiger partial charge in [0, 0.05) is 44.7 Å². The van der Waals surface area contributed by atoms with Crippen molar-refractivity contribution in [1.82, 2.24) is 14.9 Å². The summed E-state index contributed by atoms with van der Waals surface area (Å²) in [6.07, 6.45) is 10.5. The summed E-state index contributed by atoms with van der Waals surface area (Å²) in [6, 6.07) is 0. The predicted octanol–water partition coefficient (Wildman–Crippen LogP) is 1.58. The van der Waals surface area contributed by atoms with Gasteiger partial charge in [-0.1, -0.05) is 0 Å². The fraction of sp³-hybridized carbons (Fsp3) is 0.667. The molecule has 1 aromatic heterocycles. The van der Waals surface area contributed by atoms with Crippen molar-refractivity contribution in [2.24, 2.45) is 0 Å². The zero-order valence-corrected chi connectivity index (χ0v) is 11.8. The van der Waals surface area contributed by atoms with Crippen LogP contribution < -0.4 is 0 Å². The Morgan fingerprint density at radius 2 is 2.15 bits per heavy atom. The Hall–Kier alpha value is -1.49. The molecule has 0 radical (unpaired) electrons. The summed E-state index contributed by atoms with van der Waals surface area (Å²) in [6.45, 7) is 2.55. The lowest BCUT2D eigenvalue weighted by molar-refractivity contribution is -0.136. The average molecular weight is 275 g/mol. The number of carbonyl (C=O) groups excluding carboxylic acids is 1. The molecule has 0 aromatic carbocycles. The Kier molecular flexibility index (Phi) is 3.96. The average Bonchev–Trinajstić information content (AvgIpc) is 2.95. The number of nitrogens with zero attached hydrogens (tertiary/aromatic N) is 3. The van der Waals surface area contributed by atoms with E-state index in [1.165, 1.54) is 6.42 Å². The van der Waals surface area contributed by atoms with E-state index in [1.54, 1.807) is 18.6 Å². The summed E-state index contributed by atoms with van der Waals surface area (Å²) in [5.41, 5.74) is 0.968. The molecule has 0 bridgehead atoms. The van der Waals surface area contributed by atoms with Gasteiger partial charge in [-0.2, -0.15) is 0 Å². The highest BCUT2D eigenvalue weighted by Gasteiger charge is 2.39. The zero-order chi connectivity index (χ0) is 13.8. The van der Waals surface area contributed by atoms with Crippen molar-refractivity contribution in [3.8, 4) is 0 Å². The Morgan fingerprint density at radius 3 is 2.80 bits per heavy atom.